The van der Waals surface area contributed by atoms with Crippen LogP contribution >= 0.6 is 0 Å². The van der Waals surface area contributed by atoms with Gasteiger partial charge in [-0.3, -0.25) is 4.79 Å². The van der Waals surface area contributed by atoms with Crippen molar-refractivity contribution in [1.29, 1.82) is 0 Å². The van der Waals surface area contributed by atoms with E-state index in [4.69, 9.17) is 9.16 Å². The maximum Gasteiger partial charge on any atom is 0.308 e. The van der Waals surface area contributed by atoms with Crippen molar-refractivity contribution in [3.05, 3.63) is 0 Å². The Kier molecular flexibility index (Phi) is 5.52. The lowest BCUT2D eigenvalue weighted by atomic mass is 10.2. The van der Waals surface area contributed by atoms with Gasteiger partial charge in [0.05, 0.1) is 13.0 Å². The Morgan fingerprint density at radius 1 is 1.27 bits per heavy atom. The first-order chi connectivity index (χ1) is 6.70. The largest absolute Gasteiger partial charge is 0.466 e. The van der Waals surface area contributed by atoms with Crippen molar-refractivity contribution < 1.29 is 14.0 Å². The maximum atomic E-state index is 11.1. The van der Waals surface area contributed by atoms with E-state index in [2.05, 4.69) is 33.9 Å². The Balaban J connectivity index is 3.91. The van der Waals surface area contributed by atoms with Crippen molar-refractivity contribution in [1.82, 2.24) is 0 Å². The minimum Gasteiger partial charge on any atom is -0.466 e. The zero-order valence-electron chi connectivity index (χ0n) is 10.8. The van der Waals surface area contributed by atoms with Gasteiger partial charge in [0.25, 0.3) is 0 Å². The molecule has 0 unspecified atom stereocenters. The first-order valence-corrected chi connectivity index (χ1v) is 8.41. The SMILES string of the molecule is CCOC(=O)CCO[Si](C)(C)C(C)(C)C. The summed E-state index contributed by atoms with van der Waals surface area (Å²) in [6.45, 7) is 13.6. The van der Waals surface area contributed by atoms with Crippen molar-refractivity contribution in [2.24, 2.45) is 0 Å². The molecule has 0 aliphatic heterocycles. The van der Waals surface area contributed by atoms with E-state index in [1.165, 1.54) is 0 Å². The quantitative estimate of drug-likeness (QED) is 0.540. The molecule has 90 valence electrons. The van der Waals surface area contributed by atoms with Crippen LogP contribution in [0.5, 0.6) is 0 Å². The number of hydrogen-bond acceptors (Lipinski definition) is 3. The number of carbonyl (C=O) groups is 1. The Labute approximate surface area is 94.3 Å². The highest BCUT2D eigenvalue weighted by Crippen LogP contribution is 2.36. The fourth-order valence-corrected chi connectivity index (χ4v) is 1.88. The highest BCUT2D eigenvalue weighted by Gasteiger charge is 2.36. The Morgan fingerprint density at radius 3 is 2.20 bits per heavy atom. The molecule has 0 N–H and O–H groups in total. The summed E-state index contributed by atoms with van der Waals surface area (Å²) in [5.41, 5.74) is 0. The predicted molar refractivity (Wildman–Crippen MR) is 64.4 cm³/mol. The summed E-state index contributed by atoms with van der Waals surface area (Å²) >= 11 is 0. The highest BCUT2D eigenvalue weighted by molar-refractivity contribution is 6.74. The zero-order chi connectivity index (χ0) is 12.1. The average Bonchev–Trinajstić information content (AvgIpc) is 2.01. The molecule has 0 rings (SSSR count). The van der Waals surface area contributed by atoms with E-state index in [1.54, 1.807) is 0 Å². The third-order valence-electron chi connectivity index (χ3n) is 2.88. The van der Waals surface area contributed by atoms with E-state index in [0.717, 1.165) is 0 Å². The van der Waals surface area contributed by atoms with Crippen molar-refractivity contribution in [3.8, 4) is 0 Å². The molecule has 0 aromatic carbocycles. The smallest absolute Gasteiger partial charge is 0.308 e. The molecule has 0 spiro atoms. The predicted octanol–water partition coefficient (Wildman–Crippen LogP) is 2.96. The van der Waals surface area contributed by atoms with E-state index < -0.39 is 8.32 Å². The first-order valence-electron chi connectivity index (χ1n) is 5.50. The average molecular weight is 232 g/mol. The molecule has 0 amide bonds. The molecular weight excluding hydrogens is 208 g/mol. The van der Waals surface area contributed by atoms with Crippen molar-refractivity contribution in [2.75, 3.05) is 13.2 Å². The zero-order valence-corrected chi connectivity index (χ0v) is 11.8. The van der Waals surface area contributed by atoms with Gasteiger partial charge in [0.2, 0.25) is 0 Å². The minimum atomic E-state index is -1.70. The molecule has 4 heteroatoms. The number of carbonyl (C=O) groups excluding carboxylic acids is 1. The van der Waals surface area contributed by atoms with Crippen LogP contribution in [0.15, 0.2) is 0 Å². The van der Waals surface area contributed by atoms with Gasteiger partial charge in [-0.15, -0.1) is 0 Å². The standard InChI is InChI=1S/C11H24O3Si/c1-7-13-10(12)8-9-14-15(5,6)11(2,3)4/h7-9H2,1-6H3. The third-order valence-corrected chi connectivity index (χ3v) is 7.42. The summed E-state index contributed by atoms with van der Waals surface area (Å²) in [5.74, 6) is -0.170. The Bertz CT molecular complexity index is 206. The fraction of sp³-hybridized carbons (Fsp3) is 0.909. The highest BCUT2D eigenvalue weighted by atomic mass is 28.4. The van der Waals surface area contributed by atoms with Gasteiger partial charge in [-0.05, 0) is 25.1 Å². The van der Waals surface area contributed by atoms with Gasteiger partial charge >= 0.3 is 5.97 Å². The molecule has 0 heterocycles. The molecule has 0 atom stereocenters. The fourth-order valence-electron chi connectivity index (χ4n) is 0.839. The molecule has 0 saturated heterocycles. The molecule has 0 fully saturated rings. The van der Waals surface area contributed by atoms with Crippen LogP contribution in [0.2, 0.25) is 18.1 Å². The molecule has 3 nitrogen and oxygen atoms in total. The molecule has 0 aromatic rings. The summed E-state index contributed by atoms with van der Waals surface area (Å²) in [5, 5.41) is 0.196. The van der Waals surface area contributed by atoms with Gasteiger partial charge in [0.1, 0.15) is 0 Å². The minimum absolute atomic E-state index is 0.170. The number of ether oxygens (including phenoxy) is 1. The van der Waals surface area contributed by atoms with E-state index in [1.807, 2.05) is 6.92 Å². The molecule has 0 saturated carbocycles. The Morgan fingerprint density at radius 2 is 1.80 bits per heavy atom. The van der Waals surface area contributed by atoms with E-state index in [0.29, 0.717) is 19.6 Å². The van der Waals surface area contributed by atoms with Gasteiger partial charge in [-0.1, -0.05) is 20.8 Å². The normalized spacial score (nSPS) is 12.7. The summed E-state index contributed by atoms with van der Waals surface area (Å²) in [6.07, 6.45) is 0.361. The van der Waals surface area contributed by atoms with Gasteiger partial charge in [-0.2, -0.15) is 0 Å². The second kappa shape index (κ2) is 5.65. The van der Waals surface area contributed by atoms with Crippen LogP contribution in [-0.4, -0.2) is 27.5 Å². The van der Waals surface area contributed by atoms with Crippen LogP contribution in [0, 0.1) is 0 Å². The lowest BCUT2D eigenvalue weighted by Gasteiger charge is -2.36. The van der Waals surface area contributed by atoms with Crippen LogP contribution in [0.25, 0.3) is 0 Å². The van der Waals surface area contributed by atoms with Crippen molar-refractivity contribution in [2.45, 2.75) is 52.2 Å². The monoisotopic (exact) mass is 232 g/mol. The van der Waals surface area contributed by atoms with Crippen LogP contribution in [-0.2, 0) is 14.0 Å². The maximum absolute atomic E-state index is 11.1. The first kappa shape index (κ1) is 14.6. The van der Waals surface area contributed by atoms with Crippen molar-refractivity contribution in [3.63, 3.8) is 0 Å². The van der Waals surface area contributed by atoms with E-state index in [-0.39, 0.29) is 11.0 Å². The Hall–Kier alpha value is -0.353. The second-order valence-electron chi connectivity index (χ2n) is 5.16. The van der Waals surface area contributed by atoms with Gasteiger partial charge in [0, 0.05) is 6.61 Å². The molecule has 0 aromatic heterocycles. The second-order valence-corrected chi connectivity index (χ2v) is 9.97. The molecular formula is C11H24O3Si. The van der Waals surface area contributed by atoms with Crippen LogP contribution in [0.3, 0.4) is 0 Å². The van der Waals surface area contributed by atoms with E-state index >= 15 is 0 Å². The van der Waals surface area contributed by atoms with Gasteiger partial charge < -0.3 is 9.16 Å². The number of hydrogen-bond donors (Lipinski definition) is 0. The van der Waals surface area contributed by atoms with Crippen LogP contribution in [0.1, 0.15) is 34.1 Å². The lowest BCUT2D eigenvalue weighted by molar-refractivity contribution is -0.143. The lowest BCUT2D eigenvalue weighted by Crippen LogP contribution is -2.41. The van der Waals surface area contributed by atoms with Crippen molar-refractivity contribution >= 4 is 14.3 Å². The summed E-state index contributed by atoms with van der Waals surface area (Å²) < 4.78 is 10.7. The van der Waals surface area contributed by atoms with Crippen LogP contribution < -0.4 is 0 Å². The summed E-state index contributed by atoms with van der Waals surface area (Å²) in [6, 6.07) is 0. The number of esters is 1. The molecule has 0 aliphatic carbocycles. The summed E-state index contributed by atoms with van der Waals surface area (Å²) in [7, 11) is -1.70. The molecule has 0 aliphatic rings. The van der Waals surface area contributed by atoms with Gasteiger partial charge in [0.15, 0.2) is 8.32 Å². The number of rotatable bonds is 5. The molecule has 15 heavy (non-hydrogen) atoms. The summed E-state index contributed by atoms with van der Waals surface area (Å²) in [4.78, 5) is 11.1. The van der Waals surface area contributed by atoms with Crippen LogP contribution in [0.4, 0.5) is 0 Å². The van der Waals surface area contributed by atoms with Gasteiger partial charge in [-0.25, -0.2) is 0 Å². The topological polar surface area (TPSA) is 35.5 Å². The third kappa shape index (κ3) is 5.32. The van der Waals surface area contributed by atoms with E-state index in [9.17, 15) is 4.79 Å². The molecule has 0 bridgehead atoms. The molecule has 0 radical (unpaired) electrons.